The molecule has 18 heavy (non-hydrogen) atoms. The first-order valence-corrected chi connectivity index (χ1v) is 6.87. The van der Waals surface area contributed by atoms with Crippen LogP contribution in [0.2, 0.25) is 0 Å². The van der Waals surface area contributed by atoms with E-state index in [2.05, 4.69) is 31.1 Å². The van der Waals surface area contributed by atoms with Crippen LogP contribution in [0, 0.1) is 6.92 Å². The lowest BCUT2D eigenvalue weighted by atomic mass is 10.1. The Kier molecular flexibility index (Phi) is 3.22. The van der Waals surface area contributed by atoms with Gasteiger partial charge in [0.15, 0.2) is 5.76 Å². The zero-order valence-corrected chi connectivity index (χ0v) is 11.8. The van der Waals surface area contributed by atoms with E-state index in [4.69, 9.17) is 4.52 Å². The molecule has 3 rings (SSSR count). The van der Waals surface area contributed by atoms with E-state index in [1.54, 1.807) is 0 Å². The molecule has 0 spiro atoms. The molecule has 0 radical (unpaired) electrons. The zero-order chi connectivity index (χ0) is 12.5. The number of halogens is 1. The summed E-state index contributed by atoms with van der Waals surface area (Å²) in [5.74, 6) is 0.969. The van der Waals surface area contributed by atoms with Crippen molar-refractivity contribution < 1.29 is 4.52 Å². The fourth-order valence-corrected chi connectivity index (χ4v) is 2.79. The van der Waals surface area contributed by atoms with Gasteiger partial charge in [-0.05, 0) is 35.7 Å². The van der Waals surface area contributed by atoms with Crippen molar-refractivity contribution in [1.29, 1.82) is 0 Å². The van der Waals surface area contributed by atoms with Crippen molar-refractivity contribution in [3.05, 3.63) is 34.4 Å². The molecule has 0 aliphatic carbocycles. The number of aryl methyl sites for hydroxylation is 1. The molecule has 0 saturated carbocycles. The van der Waals surface area contributed by atoms with E-state index in [-0.39, 0.29) is 0 Å². The fraction of sp³-hybridized carbons (Fsp3) is 0.500. The van der Waals surface area contributed by atoms with E-state index in [0.29, 0.717) is 6.04 Å². The third kappa shape index (κ3) is 2.35. The van der Waals surface area contributed by atoms with E-state index in [0.717, 1.165) is 35.6 Å². The molecule has 0 aromatic carbocycles. The number of rotatable bonds is 3. The van der Waals surface area contributed by atoms with Crippen molar-refractivity contribution in [2.24, 2.45) is 0 Å². The second-order valence-corrected chi connectivity index (χ2v) is 5.60. The molecule has 1 aliphatic rings. The van der Waals surface area contributed by atoms with E-state index in [9.17, 15) is 0 Å². The maximum atomic E-state index is 5.39. The van der Waals surface area contributed by atoms with E-state index in [1.165, 1.54) is 6.42 Å². The topological polar surface area (TPSA) is 47.1 Å². The molecule has 0 unspecified atom stereocenters. The van der Waals surface area contributed by atoms with Crippen LogP contribution in [0.5, 0.6) is 0 Å². The Bertz CT molecular complexity index is 536. The molecule has 3 heterocycles. The molecule has 0 amide bonds. The molecule has 1 fully saturated rings. The molecular weight excluding hydrogens is 296 g/mol. The first-order valence-electron chi connectivity index (χ1n) is 6.07. The van der Waals surface area contributed by atoms with E-state index in [1.807, 2.05) is 30.1 Å². The van der Waals surface area contributed by atoms with Crippen LogP contribution in [0.15, 0.2) is 27.5 Å². The fourth-order valence-electron chi connectivity index (χ4n) is 2.46. The monoisotopic (exact) mass is 310 g/mol. The Balaban J connectivity index is 1.75. The SMILES string of the molecule is Cc1cc([C@H]2CCCN2Cn2cc(Br)cn2)on1. The molecule has 0 N–H and O–H groups in total. The molecule has 0 bridgehead atoms. The summed E-state index contributed by atoms with van der Waals surface area (Å²) in [7, 11) is 0. The lowest BCUT2D eigenvalue weighted by molar-refractivity contribution is 0.164. The highest BCUT2D eigenvalue weighted by atomic mass is 79.9. The van der Waals surface area contributed by atoms with Gasteiger partial charge in [-0.1, -0.05) is 5.16 Å². The van der Waals surface area contributed by atoms with Crippen LogP contribution in [-0.4, -0.2) is 26.4 Å². The third-order valence-electron chi connectivity index (χ3n) is 3.27. The van der Waals surface area contributed by atoms with Crippen LogP contribution in [-0.2, 0) is 6.67 Å². The third-order valence-corrected chi connectivity index (χ3v) is 3.68. The highest BCUT2D eigenvalue weighted by molar-refractivity contribution is 9.10. The maximum Gasteiger partial charge on any atom is 0.154 e. The Morgan fingerprint density at radius 1 is 1.56 bits per heavy atom. The summed E-state index contributed by atoms with van der Waals surface area (Å²) in [5, 5.41) is 8.27. The molecule has 96 valence electrons. The average molecular weight is 311 g/mol. The number of aromatic nitrogens is 3. The second-order valence-electron chi connectivity index (χ2n) is 4.68. The summed E-state index contributed by atoms with van der Waals surface area (Å²) >= 11 is 3.41. The molecular formula is C12H15BrN4O. The smallest absolute Gasteiger partial charge is 0.154 e. The summed E-state index contributed by atoms with van der Waals surface area (Å²) < 4.78 is 8.34. The Morgan fingerprint density at radius 3 is 3.11 bits per heavy atom. The molecule has 6 heteroatoms. The average Bonchev–Trinajstić information content (AvgIpc) is 3.01. The lowest BCUT2D eigenvalue weighted by Crippen LogP contribution is -2.26. The first kappa shape index (κ1) is 11.9. The van der Waals surface area contributed by atoms with Gasteiger partial charge in [-0.15, -0.1) is 0 Å². The predicted molar refractivity (Wildman–Crippen MR) is 69.8 cm³/mol. The summed E-state index contributed by atoms with van der Waals surface area (Å²) in [4.78, 5) is 2.37. The van der Waals surface area contributed by atoms with Gasteiger partial charge in [0.1, 0.15) is 0 Å². The largest absolute Gasteiger partial charge is 0.359 e. The quantitative estimate of drug-likeness (QED) is 0.874. The summed E-state index contributed by atoms with van der Waals surface area (Å²) in [5.41, 5.74) is 0.943. The van der Waals surface area contributed by atoms with Gasteiger partial charge in [-0.25, -0.2) is 0 Å². The zero-order valence-electron chi connectivity index (χ0n) is 10.2. The standard InChI is InChI=1S/C12H15BrN4O/c1-9-5-12(18-15-9)11-3-2-4-16(11)8-17-7-10(13)6-14-17/h5-7,11H,2-4,8H2,1H3/t11-/m1/s1. The van der Waals surface area contributed by atoms with Gasteiger partial charge in [0.25, 0.3) is 0 Å². The maximum absolute atomic E-state index is 5.39. The molecule has 1 saturated heterocycles. The number of hydrogen-bond donors (Lipinski definition) is 0. The van der Waals surface area contributed by atoms with Gasteiger partial charge >= 0.3 is 0 Å². The molecule has 2 aromatic heterocycles. The first-order chi connectivity index (χ1) is 8.72. The Morgan fingerprint density at radius 2 is 2.44 bits per heavy atom. The predicted octanol–water partition coefficient (Wildman–Crippen LogP) is 2.74. The number of nitrogens with zero attached hydrogens (tertiary/aromatic N) is 4. The van der Waals surface area contributed by atoms with Crippen molar-refractivity contribution in [3.63, 3.8) is 0 Å². The Hall–Kier alpha value is -1.14. The van der Waals surface area contributed by atoms with Crippen molar-refractivity contribution in [2.75, 3.05) is 6.54 Å². The number of hydrogen-bond acceptors (Lipinski definition) is 4. The van der Waals surface area contributed by atoms with Crippen LogP contribution in [0.25, 0.3) is 0 Å². The minimum atomic E-state index is 0.328. The van der Waals surface area contributed by atoms with Gasteiger partial charge in [-0.3, -0.25) is 9.58 Å². The lowest BCUT2D eigenvalue weighted by Gasteiger charge is -2.21. The molecule has 1 aliphatic heterocycles. The van der Waals surface area contributed by atoms with Gasteiger partial charge in [0.2, 0.25) is 0 Å². The van der Waals surface area contributed by atoms with E-state index < -0.39 is 0 Å². The minimum absolute atomic E-state index is 0.328. The normalized spacial score (nSPS) is 20.7. The van der Waals surface area contributed by atoms with Crippen LogP contribution in [0.3, 0.4) is 0 Å². The van der Waals surface area contributed by atoms with Gasteiger partial charge in [-0.2, -0.15) is 5.10 Å². The van der Waals surface area contributed by atoms with Crippen LogP contribution in [0.1, 0.15) is 30.3 Å². The summed E-state index contributed by atoms with van der Waals surface area (Å²) in [6.07, 6.45) is 6.11. The van der Waals surface area contributed by atoms with Gasteiger partial charge in [0.05, 0.1) is 29.1 Å². The van der Waals surface area contributed by atoms with E-state index >= 15 is 0 Å². The minimum Gasteiger partial charge on any atom is -0.359 e. The molecule has 2 aromatic rings. The highest BCUT2D eigenvalue weighted by Gasteiger charge is 2.29. The molecule has 1 atom stereocenters. The second kappa shape index (κ2) is 4.85. The Labute approximate surface area is 114 Å². The molecule has 5 nitrogen and oxygen atoms in total. The van der Waals surface area contributed by atoms with Crippen molar-refractivity contribution in [1.82, 2.24) is 19.8 Å². The van der Waals surface area contributed by atoms with Crippen molar-refractivity contribution >= 4 is 15.9 Å². The number of likely N-dealkylation sites (tertiary alicyclic amines) is 1. The van der Waals surface area contributed by atoms with Crippen LogP contribution >= 0.6 is 15.9 Å². The van der Waals surface area contributed by atoms with Gasteiger partial charge < -0.3 is 4.52 Å². The van der Waals surface area contributed by atoms with Crippen molar-refractivity contribution in [3.8, 4) is 0 Å². The van der Waals surface area contributed by atoms with Crippen LogP contribution in [0.4, 0.5) is 0 Å². The van der Waals surface area contributed by atoms with Gasteiger partial charge in [0, 0.05) is 18.8 Å². The summed E-state index contributed by atoms with van der Waals surface area (Å²) in [6.45, 7) is 3.81. The van der Waals surface area contributed by atoms with Crippen molar-refractivity contribution in [2.45, 2.75) is 32.5 Å². The summed E-state index contributed by atoms with van der Waals surface area (Å²) in [6, 6.07) is 2.36. The highest BCUT2D eigenvalue weighted by Crippen LogP contribution is 2.32. The van der Waals surface area contributed by atoms with Crippen LogP contribution < -0.4 is 0 Å².